The quantitative estimate of drug-likeness (QED) is 0.622. The fraction of sp³-hybridized carbons (Fsp3) is 0.318. The summed E-state index contributed by atoms with van der Waals surface area (Å²) >= 11 is 0. The first-order valence-corrected chi connectivity index (χ1v) is 9.81. The van der Waals surface area contributed by atoms with Crippen molar-refractivity contribution in [3.05, 3.63) is 53.1 Å². The van der Waals surface area contributed by atoms with Crippen LogP contribution >= 0.6 is 0 Å². The first kappa shape index (κ1) is 21.9. The highest BCUT2D eigenvalue weighted by molar-refractivity contribution is 6.04. The van der Waals surface area contributed by atoms with E-state index >= 15 is 0 Å². The number of benzene rings is 2. The fourth-order valence-electron chi connectivity index (χ4n) is 3.62. The van der Waals surface area contributed by atoms with Crippen LogP contribution in [0.25, 0.3) is 0 Å². The minimum atomic E-state index is -0.646. The number of primary amides is 1. The molecule has 0 radical (unpaired) electrons. The number of urea groups is 1. The molecule has 0 saturated carbocycles. The molecule has 2 aromatic rings. The maximum atomic E-state index is 13.1. The maximum Gasteiger partial charge on any atom is 0.319 e. The standard InChI is InChI=1S/C22H25N5O4/c1-30-19-6-4-15(10-20(19)31-2)12-26-21(28)17-9-14(11-23)3-5-18(17)27(22(24)29)16-7-8-25-13-16/h3-6,9-10,16,25H,7-8,12-13H2,1-2H3,(H2,24,29)(H,26,28)/t16-/m1/s1. The third kappa shape index (κ3) is 4.87. The molecule has 1 aliphatic rings. The minimum Gasteiger partial charge on any atom is -0.493 e. The van der Waals surface area contributed by atoms with E-state index in [1.54, 1.807) is 31.4 Å². The number of carbonyl (C=O) groups is 2. The monoisotopic (exact) mass is 423 g/mol. The largest absolute Gasteiger partial charge is 0.493 e. The number of methoxy groups -OCH3 is 2. The molecule has 31 heavy (non-hydrogen) atoms. The molecule has 1 fully saturated rings. The van der Waals surface area contributed by atoms with E-state index in [0.717, 1.165) is 18.5 Å². The summed E-state index contributed by atoms with van der Waals surface area (Å²) in [6.45, 7) is 1.55. The van der Waals surface area contributed by atoms with Crippen molar-refractivity contribution in [2.45, 2.75) is 19.0 Å². The molecule has 3 rings (SSSR count). The minimum absolute atomic E-state index is 0.164. The van der Waals surface area contributed by atoms with Gasteiger partial charge in [-0.15, -0.1) is 0 Å². The van der Waals surface area contributed by atoms with Crippen LogP contribution in [0.1, 0.15) is 27.9 Å². The Balaban J connectivity index is 1.87. The van der Waals surface area contributed by atoms with Gasteiger partial charge in [-0.3, -0.25) is 9.69 Å². The van der Waals surface area contributed by atoms with Crippen LogP contribution in [-0.2, 0) is 6.54 Å². The van der Waals surface area contributed by atoms with Crippen molar-refractivity contribution in [2.24, 2.45) is 5.73 Å². The van der Waals surface area contributed by atoms with Crippen molar-refractivity contribution in [1.82, 2.24) is 10.6 Å². The summed E-state index contributed by atoms with van der Waals surface area (Å²) in [6.07, 6.45) is 0.718. The van der Waals surface area contributed by atoms with Gasteiger partial charge in [0.05, 0.1) is 43.1 Å². The van der Waals surface area contributed by atoms with Crippen LogP contribution in [0.2, 0.25) is 0 Å². The number of amides is 3. The topological polar surface area (TPSA) is 130 Å². The van der Waals surface area contributed by atoms with Gasteiger partial charge in [-0.05, 0) is 48.9 Å². The fourth-order valence-corrected chi connectivity index (χ4v) is 3.62. The molecule has 1 saturated heterocycles. The van der Waals surface area contributed by atoms with Gasteiger partial charge in [0, 0.05) is 13.1 Å². The zero-order valence-electron chi connectivity index (χ0n) is 17.5. The van der Waals surface area contributed by atoms with E-state index in [1.165, 1.54) is 18.1 Å². The van der Waals surface area contributed by atoms with Gasteiger partial charge >= 0.3 is 6.03 Å². The second kappa shape index (κ2) is 9.82. The van der Waals surface area contributed by atoms with E-state index in [1.807, 2.05) is 12.1 Å². The van der Waals surface area contributed by atoms with Crippen molar-refractivity contribution in [1.29, 1.82) is 5.26 Å². The molecular weight excluding hydrogens is 398 g/mol. The molecule has 0 spiro atoms. The van der Waals surface area contributed by atoms with E-state index in [9.17, 15) is 14.9 Å². The predicted molar refractivity (Wildman–Crippen MR) is 115 cm³/mol. The highest BCUT2D eigenvalue weighted by atomic mass is 16.5. The number of hydrogen-bond acceptors (Lipinski definition) is 6. The van der Waals surface area contributed by atoms with Crippen LogP contribution in [0, 0.1) is 11.3 Å². The van der Waals surface area contributed by atoms with Gasteiger partial charge in [0.15, 0.2) is 11.5 Å². The molecule has 9 nitrogen and oxygen atoms in total. The number of nitriles is 1. The number of nitrogens with two attached hydrogens (primary N) is 1. The lowest BCUT2D eigenvalue weighted by molar-refractivity contribution is 0.0951. The van der Waals surface area contributed by atoms with Gasteiger partial charge < -0.3 is 25.8 Å². The molecule has 2 aromatic carbocycles. The molecule has 1 heterocycles. The van der Waals surface area contributed by atoms with E-state index in [4.69, 9.17) is 15.2 Å². The van der Waals surface area contributed by atoms with Crippen LogP contribution in [0.5, 0.6) is 11.5 Å². The van der Waals surface area contributed by atoms with Crippen LogP contribution in [0.4, 0.5) is 10.5 Å². The van der Waals surface area contributed by atoms with E-state index in [0.29, 0.717) is 29.3 Å². The maximum absolute atomic E-state index is 13.1. The average Bonchev–Trinajstić information content (AvgIpc) is 3.31. The molecule has 0 bridgehead atoms. The van der Waals surface area contributed by atoms with E-state index < -0.39 is 11.9 Å². The third-order valence-electron chi connectivity index (χ3n) is 5.17. The highest BCUT2D eigenvalue weighted by Crippen LogP contribution is 2.28. The Labute approximate surface area is 180 Å². The Morgan fingerprint density at radius 3 is 2.61 bits per heavy atom. The molecule has 0 aromatic heterocycles. The van der Waals surface area contributed by atoms with Crippen molar-refractivity contribution in [3.8, 4) is 17.6 Å². The first-order chi connectivity index (χ1) is 15.0. The summed E-state index contributed by atoms with van der Waals surface area (Å²) < 4.78 is 10.5. The molecule has 3 amide bonds. The Morgan fingerprint density at radius 1 is 1.23 bits per heavy atom. The van der Waals surface area contributed by atoms with Crippen LogP contribution in [-0.4, -0.2) is 45.3 Å². The molecular formula is C22H25N5O4. The highest BCUT2D eigenvalue weighted by Gasteiger charge is 2.29. The molecule has 9 heteroatoms. The van der Waals surface area contributed by atoms with Gasteiger partial charge in [-0.2, -0.15) is 5.26 Å². The zero-order chi connectivity index (χ0) is 22.4. The number of anilines is 1. The van der Waals surface area contributed by atoms with Crippen LogP contribution < -0.4 is 30.7 Å². The Bertz CT molecular complexity index is 1010. The molecule has 162 valence electrons. The third-order valence-corrected chi connectivity index (χ3v) is 5.17. The summed E-state index contributed by atoms with van der Waals surface area (Å²) in [6, 6.07) is 11.2. The summed E-state index contributed by atoms with van der Waals surface area (Å²) in [7, 11) is 3.09. The van der Waals surface area contributed by atoms with Crippen molar-refractivity contribution in [2.75, 3.05) is 32.2 Å². The van der Waals surface area contributed by atoms with Crippen LogP contribution in [0.3, 0.4) is 0 Å². The van der Waals surface area contributed by atoms with Crippen molar-refractivity contribution < 1.29 is 19.1 Å². The lowest BCUT2D eigenvalue weighted by atomic mass is 10.0. The van der Waals surface area contributed by atoms with Crippen LogP contribution in [0.15, 0.2) is 36.4 Å². The number of nitrogens with one attached hydrogen (secondary N) is 2. The Kier molecular flexibility index (Phi) is 6.95. The number of hydrogen-bond donors (Lipinski definition) is 3. The zero-order valence-corrected chi connectivity index (χ0v) is 17.5. The summed E-state index contributed by atoms with van der Waals surface area (Å²) in [5.41, 5.74) is 7.36. The SMILES string of the molecule is COc1ccc(CNC(=O)c2cc(C#N)ccc2N(C(N)=O)[C@@H]2CCNC2)cc1OC. The number of carbonyl (C=O) groups excluding carboxylic acids is 2. The lowest BCUT2D eigenvalue weighted by Gasteiger charge is -2.28. The first-order valence-electron chi connectivity index (χ1n) is 9.81. The average molecular weight is 423 g/mol. The number of rotatable bonds is 7. The summed E-state index contributed by atoms with van der Waals surface area (Å²) in [5, 5.41) is 15.3. The Morgan fingerprint density at radius 2 is 2.00 bits per heavy atom. The second-order valence-electron chi connectivity index (χ2n) is 7.07. The van der Waals surface area contributed by atoms with Crippen molar-refractivity contribution in [3.63, 3.8) is 0 Å². The molecule has 1 aliphatic heterocycles. The van der Waals surface area contributed by atoms with Gasteiger partial charge in [0.1, 0.15) is 0 Å². The summed E-state index contributed by atoms with van der Waals surface area (Å²) in [5.74, 6) is 0.720. The molecule has 4 N–H and O–H groups in total. The Hall–Kier alpha value is -3.77. The normalized spacial score (nSPS) is 15.1. The van der Waals surface area contributed by atoms with Crippen molar-refractivity contribution >= 4 is 17.6 Å². The molecule has 0 aliphatic carbocycles. The molecule has 1 atom stereocenters. The van der Waals surface area contributed by atoms with Gasteiger partial charge in [0.2, 0.25) is 0 Å². The smallest absolute Gasteiger partial charge is 0.319 e. The van der Waals surface area contributed by atoms with E-state index in [-0.39, 0.29) is 18.2 Å². The van der Waals surface area contributed by atoms with Gasteiger partial charge in [-0.1, -0.05) is 6.07 Å². The van der Waals surface area contributed by atoms with E-state index in [2.05, 4.69) is 10.6 Å². The summed E-state index contributed by atoms with van der Waals surface area (Å²) in [4.78, 5) is 26.7. The predicted octanol–water partition coefficient (Wildman–Crippen LogP) is 1.75. The number of ether oxygens (including phenoxy) is 2. The number of nitrogens with zero attached hydrogens (tertiary/aromatic N) is 2. The second-order valence-corrected chi connectivity index (χ2v) is 7.07. The lowest BCUT2D eigenvalue weighted by Crippen LogP contribution is -2.46. The van der Waals surface area contributed by atoms with Gasteiger partial charge in [-0.25, -0.2) is 4.79 Å². The van der Waals surface area contributed by atoms with Gasteiger partial charge in [0.25, 0.3) is 5.91 Å². The molecule has 0 unspecified atom stereocenters.